The third-order valence-electron chi connectivity index (χ3n) is 4.51. The number of piperazine rings is 1. The maximum atomic E-state index is 12.4. The van der Waals surface area contributed by atoms with Crippen molar-refractivity contribution in [2.45, 2.75) is 26.7 Å². The van der Waals surface area contributed by atoms with Crippen molar-refractivity contribution in [3.05, 3.63) is 29.3 Å². The van der Waals surface area contributed by atoms with E-state index in [-0.39, 0.29) is 12.5 Å². The van der Waals surface area contributed by atoms with Crippen molar-refractivity contribution < 1.29 is 9.90 Å². The molecule has 2 N–H and O–H groups in total. The van der Waals surface area contributed by atoms with Crippen LogP contribution in [0.2, 0.25) is 0 Å². The second-order valence-corrected chi connectivity index (χ2v) is 6.05. The van der Waals surface area contributed by atoms with Gasteiger partial charge in [-0.1, -0.05) is 32.0 Å². The largest absolute Gasteiger partial charge is 0.395 e. The third-order valence-corrected chi connectivity index (χ3v) is 4.51. The molecule has 1 amide bonds. The molecule has 5 heteroatoms. The van der Waals surface area contributed by atoms with Crippen LogP contribution < -0.4 is 5.32 Å². The minimum absolute atomic E-state index is 0.0659. The summed E-state index contributed by atoms with van der Waals surface area (Å²) in [5, 5.41) is 12.1. The number of para-hydroxylation sites is 1. The Labute approximate surface area is 139 Å². The molecule has 1 heterocycles. The number of carbonyl (C=O) groups is 1. The predicted octanol–water partition coefficient (Wildman–Crippen LogP) is 1.36. The van der Waals surface area contributed by atoms with Crippen molar-refractivity contribution in [3.63, 3.8) is 0 Å². The first kappa shape index (κ1) is 17.9. The van der Waals surface area contributed by atoms with E-state index in [0.717, 1.165) is 51.3 Å². The number of hydrogen-bond donors (Lipinski definition) is 2. The molecule has 0 radical (unpaired) electrons. The lowest BCUT2D eigenvalue weighted by Gasteiger charge is -2.33. The Kier molecular flexibility index (Phi) is 7.02. The topological polar surface area (TPSA) is 55.8 Å². The van der Waals surface area contributed by atoms with Crippen LogP contribution in [0.25, 0.3) is 0 Å². The first-order valence-electron chi connectivity index (χ1n) is 8.64. The number of nitrogens with one attached hydrogen (secondary N) is 1. The number of hydrogen-bond acceptors (Lipinski definition) is 4. The van der Waals surface area contributed by atoms with Crippen LogP contribution in [-0.2, 0) is 17.6 Å². The summed E-state index contributed by atoms with van der Waals surface area (Å²) in [6.07, 6.45) is 1.84. The Balaban J connectivity index is 1.91. The van der Waals surface area contributed by atoms with Gasteiger partial charge in [0.1, 0.15) is 0 Å². The summed E-state index contributed by atoms with van der Waals surface area (Å²) < 4.78 is 0. The van der Waals surface area contributed by atoms with Gasteiger partial charge in [-0.3, -0.25) is 14.6 Å². The quantitative estimate of drug-likeness (QED) is 0.797. The Morgan fingerprint density at radius 3 is 2.17 bits per heavy atom. The summed E-state index contributed by atoms with van der Waals surface area (Å²) in [4.78, 5) is 16.8. The lowest BCUT2D eigenvalue weighted by Crippen LogP contribution is -2.49. The van der Waals surface area contributed by atoms with Gasteiger partial charge in [0.25, 0.3) is 0 Å². The van der Waals surface area contributed by atoms with Crippen LogP contribution >= 0.6 is 0 Å². The van der Waals surface area contributed by atoms with E-state index in [1.165, 1.54) is 11.1 Å². The number of carbonyl (C=O) groups excluding carboxylic acids is 1. The van der Waals surface area contributed by atoms with E-state index in [1.807, 2.05) is 0 Å². The van der Waals surface area contributed by atoms with E-state index in [2.05, 4.69) is 47.2 Å². The van der Waals surface area contributed by atoms with E-state index in [1.54, 1.807) is 0 Å². The summed E-state index contributed by atoms with van der Waals surface area (Å²) >= 11 is 0. The SMILES string of the molecule is CCc1cccc(CC)c1NC(=O)CN1CCN(CCO)CC1. The molecule has 5 nitrogen and oxygen atoms in total. The lowest BCUT2D eigenvalue weighted by molar-refractivity contribution is -0.117. The molecule has 1 aliphatic heterocycles. The number of aryl methyl sites for hydroxylation is 2. The molecular weight excluding hydrogens is 290 g/mol. The number of rotatable bonds is 7. The van der Waals surface area contributed by atoms with Crippen LogP contribution in [0.15, 0.2) is 18.2 Å². The maximum Gasteiger partial charge on any atom is 0.238 e. The zero-order valence-electron chi connectivity index (χ0n) is 14.3. The summed E-state index contributed by atoms with van der Waals surface area (Å²) in [6.45, 7) is 9.19. The minimum Gasteiger partial charge on any atom is -0.395 e. The highest BCUT2D eigenvalue weighted by Gasteiger charge is 2.19. The molecule has 1 saturated heterocycles. The standard InChI is InChI=1S/C18H29N3O2/c1-3-15-6-5-7-16(4-2)18(15)19-17(23)14-21-10-8-20(9-11-21)12-13-22/h5-7,22H,3-4,8-14H2,1-2H3,(H,19,23). The van der Waals surface area contributed by atoms with Crippen LogP contribution in [0.3, 0.4) is 0 Å². The normalized spacial score (nSPS) is 16.5. The molecule has 1 fully saturated rings. The van der Waals surface area contributed by atoms with Crippen molar-refractivity contribution in [3.8, 4) is 0 Å². The zero-order chi connectivity index (χ0) is 16.7. The lowest BCUT2D eigenvalue weighted by atomic mass is 10.0. The Morgan fingerprint density at radius 2 is 1.65 bits per heavy atom. The number of anilines is 1. The molecular formula is C18H29N3O2. The van der Waals surface area contributed by atoms with E-state index < -0.39 is 0 Å². The minimum atomic E-state index is 0.0659. The summed E-state index contributed by atoms with van der Waals surface area (Å²) in [5.41, 5.74) is 3.40. The van der Waals surface area contributed by atoms with E-state index in [0.29, 0.717) is 6.54 Å². The molecule has 1 aromatic carbocycles. The molecule has 0 saturated carbocycles. The first-order chi connectivity index (χ1) is 11.2. The van der Waals surface area contributed by atoms with Crippen molar-refractivity contribution in [1.29, 1.82) is 0 Å². The molecule has 23 heavy (non-hydrogen) atoms. The number of aliphatic hydroxyl groups excluding tert-OH is 1. The molecule has 0 atom stereocenters. The van der Waals surface area contributed by atoms with Gasteiger partial charge >= 0.3 is 0 Å². The number of benzene rings is 1. The van der Waals surface area contributed by atoms with Gasteiger partial charge in [-0.2, -0.15) is 0 Å². The molecule has 1 aromatic rings. The summed E-state index contributed by atoms with van der Waals surface area (Å²) in [7, 11) is 0. The highest BCUT2D eigenvalue weighted by Crippen LogP contribution is 2.22. The fourth-order valence-electron chi connectivity index (χ4n) is 3.10. The van der Waals surface area contributed by atoms with Gasteiger partial charge < -0.3 is 10.4 Å². The van der Waals surface area contributed by atoms with Gasteiger partial charge in [-0.15, -0.1) is 0 Å². The smallest absolute Gasteiger partial charge is 0.238 e. The van der Waals surface area contributed by atoms with Crippen LogP contribution in [-0.4, -0.2) is 66.7 Å². The van der Waals surface area contributed by atoms with Gasteiger partial charge in [0.05, 0.1) is 13.2 Å². The summed E-state index contributed by atoms with van der Waals surface area (Å²) in [5.74, 6) is 0.0659. The van der Waals surface area contributed by atoms with Gasteiger partial charge in [0.2, 0.25) is 5.91 Å². The molecule has 128 valence electrons. The average molecular weight is 319 g/mol. The predicted molar refractivity (Wildman–Crippen MR) is 93.8 cm³/mol. The van der Waals surface area contributed by atoms with Gasteiger partial charge in [0.15, 0.2) is 0 Å². The Morgan fingerprint density at radius 1 is 1.09 bits per heavy atom. The Hall–Kier alpha value is -1.43. The second kappa shape index (κ2) is 9.01. The van der Waals surface area contributed by atoms with E-state index in [9.17, 15) is 4.79 Å². The van der Waals surface area contributed by atoms with Gasteiger partial charge in [-0.25, -0.2) is 0 Å². The van der Waals surface area contributed by atoms with Crippen LogP contribution in [0.5, 0.6) is 0 Å². The zero-order valence-corrected chi connectivity index (χ0v) is 14.3. The number of aliphatic hydroxyl groups is 1. The van der Waals surface area contributed by atoms with Gasteiger partial charge in [0, 0.05) is 38.4 Å². The molecule has 2 rings (SSSR count). The first-order valence-corrected chi connectivity index (χ1v) is 8.64. The molecule has 0 aromatic heterocycles. The molecule has 0 bridgehead atoms. The van der Waals surface area contributed by atoms with E-state index >= 15 is 0 Å². The second-order valence-electron chi connectivity index (χ2n) is 6.05. The Bertz CT molecular complexity index is 489. The van der Waals surface area contributed by atoms with Crippen LogP contribution in [0, 0.1) is 0 Å². The fourth-order valence-corrected chi connectivity index (χ4v) is 3.10. The highest BCUT2D eigenvalue weighted by atomic mass is 16.3. The molecule has 0 aliphatic carbocycles. The molecule has 1 aliphatic rings. The third kappa shape index (κ3) is 5.03. The van der Waals surface area contributed by atoms with E-state index in [4.69, 9.17) is 5.11 Å². The fraction of sp³-hybridized carbons (Fsp3) is 0.611. The van der Waals surface area contributed by atoms with Crippen LogP contribution in [0.1, 0.15) is 25.0 Å². The molecule has 0 unspecified atom stereocenters. The number of nitrogens with zero attached hydrogens (tertiary/aromatic N) is 2. The van der Waals surface area contributed by atoms with Crippen molar-refractivity contribution in [2.75, 3.05) is 51.2 Å². The molecule has 0 spiro atoms. The summed E-state index contributed by atoms with van der Waals surface area (Å²) in [6, 6.07) is 6.23. The van der Waals surface area contributed by atoms with Gasteiger partial charge in [-0.05, 0) is 24.0 Å². The highest BCUT2D eigenvalue weighted by molar-refractivity contribution is 5.93. The van der Waals surface area contributed by atoms with Crippen molar-refractivity contribution in [2.24, 2.45) is 0 Å². The number of amides is 1. The van der Waals surface area contributed by atoms with Crippen LogP contribution in [0.4, 0.5) is 5.69 Å². The maximum absolute atomic E-state index is 12.4. The van der Waals surface area contributed by atoms with Crippen molar-refractivity contribution in [1.82, 2.24) is 9.80 Å². The van der Waals surface area contributed by atoms with Crippen molar-refractivity contribution >= 4 is 11.6 Å². The monoisotopic (exact) mass is 319 g/mol. The number of β-amino-alcohol motifs (C(OH)–C–C–N with tert-alkyl or cyclic N) is 1. The average Bonchev–Trinajstić information content (AvgIpc) is 2.57.